The summed E-state index contributed by atoms with van der Waals surface area (Å²) in [5.41, 5.74) is 2.51. The van der Waals surface area contributed by atoms with E-state index >= 15 is 0 Å². The Labute approximate surface area is 176 Å². The third-order valence-corrected chi connectivity index (χ3v) is 6.84. The normalized spacial score (nSPS) is 22.1. The molecule has 0 radical (unpaired) electrons. The van der Waals surface area contributed by atoms with Crippen LogP contribution in [0.25, 0.3) is 4.85 Å². The van der Waals surface area contributed by atoms with Crippen molar-refractivity contribution in [3.8, 4) is 5.75 Å². The summed E-state index contributed by atoms with van der Waals surface area (Å²) in [6.07, 6.45) is 4.00. The van der Waals surface area contributed by atoms with Crippen molar-refractivity contribution in [1.29, 1.82) is 0 Å². The van der Waals surface area contributed by atoms with E-state index in [2.05, 4.69) is 9.74 Å². The molecule has 8 heteroatoms. The quantitative estimate of drug-likeness (QED) is 0.740. The van der Waals surface area contributed by atoms with Crippen LogP contribution >= 0.6 is 11.6 Å². The minimum atomic E-state index is -3.75. The summed E-state index contributed by atoms with van der Waals surface area (Å²) in [5, 5.41) is 5.70. The summed E-state index contributed by atoms with van der Waals surface area (Å²) in [4.78, 5) is 6.16. The maximum Gasteiger partial charge on any atom is 0.238 e. The van der Waals surface area contributed by atoms with E-state index in [1.54, 1.807) is 18.2 Å². The Kier molecular flexibility index (Phi) is 5.54. The van der Waals surface area contributed by atoms with Crippen LogP contribution in [-0.2, 0) is 16.4 Å². The van der Waals surface area contributed by atoms with Gasteiger partial charge in [0.1, 0.15) is 11.9 Å². The van der Waals surface area contributed by atoms with Gasteiger partial charge in [-0.2, -0.15) is 0 Å². The van der Waals surface area contributed by atoms with Crippen LogP contribution in [0.5, 0.6) is 5.75 Å². The number of nitrogens with two attached hydrogens (primary N) is 1. The number of piperidine rings is 1. The van der Waals surface area contributed by atoms with Gasteiger partial charge in [-0.05, 0) is 79.9 Å². The van der Waals surface area contributed by atoms with Gasteiger partial charge in [0.15, 0.2) is 5.69 Å². The number of fused-ring (bicyclic) bond motifs is 1. The molecule has 0 aromatic heterocycles. The topological polar surface area (TPSA) is 77.0 Å². The van der Waals surface area contributed by atoms with Gasteiger partial charge in [-0.15, -0.1) is 0 Å². The minimum absolute atomic E-state index is 0.0441. The van der Waals surface area contributed by atoms with Crippen LogP contribution in [0.15, 0.2) is 41.3 Å². The monoisotopic (exact) mass is 431 g/mol. The lowest BCUT2D eigenvalue weighted by Gasteiger charge is -2.36. The fourth-order valence-corrected chi connectivity index (χ4v) is 5.05. The van der Waals surface area contributed by atoms with Crippen LogP contribution in [0.2, 0.25) is 5.02 Å². The van der Waals surface area contributed by atoms with Gasteiger partial charge in [0, 0.05) is 5.02 Å². The number of halogens is 1. The Morgan fingerprint density at radius 3 is 2.45 bits per heavy atom. The molecule has 4 rings (SSSR count). The van der Waals surface area contributed by atoms with E-state index in [4.69, 9.17) is 28.0 Å². The lowest BCUT2D eigenvalue weighted by molar-refractivity contribution is 0.0647. The molecule has 0 spiro atoms. The standard InChI is InChI=1S/C21H22ClN3O3S/c1-24-19-12-14(22)11-18-17(19)13-20(25-9-3-2-4-10-25)21(18)28-15-5-7-16(8-6-15)29(23,26)27/h5-8,11-12,20-21H,2-4,9-10,13H2,(H2,23,26,27)/t20-,21-/m0/s1. The molecule has 2 aromatic carbocycles. The summed E-state index contributed by atoms with van der Waals surface area (Å²) in [6.45, 7) is 9.54. The molecule has 0 amide bonds. The van der Waals surface area contributed by atoms with E-state index in [1.165, 1.54) is 18.6 Å². The third kappa shape index (κ3) is 4.12. The number of hydrogen-bond acceptors (Lipinski definition) is 4. The SMILES string of the molecule is [C-]#[N+]c1cc(Cl)cc2c1C[C@H](N1CCCCC1)[C@H]2Oc1ccc(S(N)(=O)=O)cc1. The molecule has 152 valence electrons. The molecule has 2 aromatic rings. The fourth-order valence-electron chi connectivity index (χ4n) is 4.31. The largest absolute Gasteiger partial charge is 0.484 e. The molecule has 0 bridgehead atoms. The van der Waals surface area contributed by atoms with E-state index < -0.39 is 10.0 Å². The second kappa shape index (κ2) is 7.96. The second-order valence-electron chi connectivity index (χ2n) is 7.53. The molecule has 0 unspecified atom stereocenters. The van der Waals surface area contributed by atoms with E-state index in [9.17, 15) is 8.42 Å². The molecule has 29 heavy (non-hydrogen) atoms. The summed E-state index contributed by atoms with van der Waals surface area (Å²) in [6, 6.07) is 9.83. The van der Waals surface area contributed by atoms with Gasteiger partial charge in [0.2, 0.25) is 10.0 Å². The van der Waals surface area contributed by atoms with Gasteiger partial charge >= 0.3 is 0 Å². The number of rotatable bonds is 4. The number of primary sulfonamides is 1. The van der Waals surface area contributed by atoms with Crippen molar-refractivity contribution in [2.75, 3.05) is 13.1 Å². The molecular formula is C21H22ClN3O3S. The van der Waals surface area contributed by atoms with Gasteiger partial charge in [0.05, 0.1) is 17.5 Å². The summed E-state index contributed by atoms with van der Waals surface area (Å²) in [7, 11) is -3.75. The van der Waals surface area contributed by atoms with Gasteiger partial charge in [0.25, 0.3) is 0 Å². The molecule has 1 aliphatic heterocycles. The van der Waals surface area contributed by atoms with E-state index in [0.717, 1.165) is 43.5 Å². The number of nitrogens with zero attached hydrogens (tertiary/aromatic N) is 2. The maximum absolute atomic E-state index is 11.5. The summed E-state index contributed by atoms with van der Waals surface area (Å²) >= 11 is 6.29. The molecule has 1 saturated heterocycles. The van der Waals surface area contributed by atoms with Crippen molar-refractivity contribution >= 4 is 27.3 Å². The highest BCUT2D eigenvalue weighted by Gasteiger charge is 2.39. The number of sulfonamides is 1. The number of hydrogen-bond donors (Lipinski definition) is 1. The highest BCUT2D eigenvalue weighted by Crippen LogP contribution is 2.44. The van der Waals surface area contributed by atoms with E-state index in [1.807, 2.05) is 6.07 Å². The molecule has 1 fully saturated rings. The van der Waals surface area contributed by atoms with Gasteiger partial charge in [-0.3, -0.25) is 4.90 Å². The molecule has 1 heterocycles. The van der Waals surface area contributed by atoms with Crippen molar-refractivity contribution in [2.45, 2.75) is 42.7 Å². The summed E-state index contributed by atoms with van der Waals surface area (Å²) < 4.78 is 29.4. The van der Waals surface area contributed by atoms with Gasteiger partial charge < -0.3 is 4.74 Å². The zero-order valence-electron chi connectivity index (χ0n) is 15.8. The average molecular weight is 432 g/mol. The first-order chi connectivity index (χ1) is 13.9. The van der Waals surface area contributed by atoms with Crippen LogP contribution in [0.3, 0.4) is 0 Å². The second-order valence-corrected chi connectivity index (χ2v) is 9.53. The Bertz CT molecular complexity index is 1060. The summed E-state index contributed by atoms with van der Waals surface area (Å²) in [5.74, 6) is 0.557. The number of likely N-dealkylation sites (tertiary alicyclic amines) is 1. The van der Waals surface area contributed by atoms with Crippen LogP contribution in [0.4, 0.5) is 5.69 Å². The Morgan fingerprint density at radius 2 is 1.83 bits per heavy atom. The fraction of sp³-hybridized carbons (Fsp3) is 0.381. The molecule has 6 nitrogen and oxygen atoms in total. The van der Waals surface area contributed by atoms with E-state index in [-0.39, 0.29) is 17.0 Å². The van der Waals surface area contributed by atoms with Gasteiger partial charge in [-0.25, -0.2) is 18.4 Å². The van der Waals surface area contributed by atoms with Crippen LogP contribution < -0.4 is 9.88 Å². The lowest BCUT2D eigenvalue weighted by atomic mass is 10.0. The maximum atomic E-state index is 11.5. The zero-order chi connectivity index (χ0) is 20.6. The van der Waals surface area contributed by atoms with Crippen molar-refractivity contribution < 1.29 is 13.2 Å². The Balaban J connectivity index is 1.69. The number of benzene rings is 2. The predicted molar refractivity (Wildman–Crippen MR) is 112 cm³/mol. The Morgan fingerprint density at radius 1 is 1.14 bits per heavy atom. The smallest absolute Gasteiger partial charge is 0.238 e. The van der Waals surface area contributed by atoms with Crippen molar-refractivity contribution in [2.24, 2.45) is 5.14 Å². The molecule has 1 aliphatic carbocycles. The molecular weight excluding hydrogens is 410 g/mol. The van der Waals surface area contributed by atoms with Crippen LogP contribution in [-0.4, -0.2) is 32.4 Å². The highest BCUT2D eigenvalue weighted by molar-refractivity contribution is 7.89. The van der Waals surface area contributed by atoms with Crippen molar-refractivity contribution in [3.63, 3.8) is 0 Å². The van der Waals surface area contributed by atoms with Crippen LogP contribution in [0.1, 0.15) is 36.5 Å². The molecule has 2 atom stereocenters. The van der Waals surface area contributed by atoms with Crippen molar-refractivity contribution in [3.05, 3.63) is 64.0 Å². The molecule has 0 saturated carbocycles. The van der Waals surface area contributed by atoms with Crippen molar-refractivity contribution in [1.82, 2.24) is 4.90 Å². The van der Waals surface area contributed by atoms with Gasteiger partial charge in [-0.1, -0.05) is 18.0 Å². The molecule has 2 aliphatic rings. The van der Waals surface area contributed by atoms with E-state index in [0.29, 0.717) is 16.5 Å². The first kappa shape index (κ1) is 20.2. The molecule has 2 N–H and O–H groups in total. The first-order valence-electron chi connectivity index (χ1n) is 9.60. The minimum Gasteiger partial charge on any atom is -0.484 e. The third-order valence-electron chi connectivity index (χ3n) is 5.69. The predicted octanol–water partition coefficient (Wildman–Crippen LogP) is 4.07. The highest BCUT2D eigenvalue weighted by atomic mass is 35.5. The average Bonchev–Trinajstić information content (AvgIpc) is 3.06. The first-order valence-corrected chi connectivity index (χ1v) is 11.5. The Hall–Kier alpha value is -2.11. The zero-order valence-corrected chi connectivity index (χ0v) is 17.4. The lowest BCUT2D eigenvalue weighted by Crippen LogP contribution is -2.43. The number of ether oxygens (including phenoxy) is 1. The van der Waals surface area contributed by atoms with Crippen LogP contribution in [0, 0.1) is 6.57 Å².